The summed E-state index contributed by atoms with van der Waals surface area (Å²) in [6, 6.07) is 0. The van der Waals surface area contributed by atoms with Crippen LogP contribution in [0, 0.1) is 0 Å². The number of unbranched alkanes of at least 4 members (excludes halogenated alkanes) is 27. The number of Topliss-reactive ketones (excluding diaryl/α,β-unsaturated/α-hetero) is 3. The molecule has 16 heteroatoms. The van der Waals surface area contributed by atoms with Crippen molar-refractivity contribution in [3.05, 3.63) is 67.9 Å². The number of hydrogen-bond acceptors (Lipinski definition) is 12. The Morgan fingerprint density at radius 3 is 1.03 bits per heavy atom. The van der Waals surface area contributed by atoms with Gasteiger partial charge in [-0.25, -0.2) is 0 Å². The van der Waals surface area contributed by atoms with Crippen molar-refractivity contribution in [2.75, 3.05) is 0 Å². The summed E-state index contributed by atoms with van der Waals surface area (Å²) in [4.78, 5) is 43.1. The maximum atomic E-state index is 20.2. The van der Waals surface area contributed by atoms with Gasteiger partial charge in [0.2, 0.25) is 0 Å². The van der Waals surface area contributed by atoms with E-state index in [4.69, 9.17) is 6.08 Å². The Morgan fingerprint density at radius 1 is 0.411 bits per heavy atom. The molecule has 73 heavy (non-hydrogen) atoms. The number of fused-ring (bicyclic) bond motifs is 6. The predicted molar refractivity (Wildman–Crippen MR) is 289 cm³/mol. The predicted octanol–water partition coefficient (Wildman–Crippen LogP) is 15.4. The van der Waals surface area contributed by atoms with Gasteiger partial charge in [0.15, 0.2) is 0 Å². The SMILES string of the molecule is CCCCCCCCCCCCC1=CC=C2C(=O)C1[O][Ti]13(=[O])([CH](C)C)([O]S2(=O)=O)([CH]2C(=O)C(=CC=C2CCCCCCCCCCCC)[S]1(=O)=O)[CH]1C(=O)C(=CC=C1CCCCCCCCCCCC)[S]3(=O)=O. The van der Waals surface area contributed by atoms with Crippen LogP contribution in [0.4, 0.5) is 0 Å². The minimum atomic E-state index is -12.3. The summed E-state index contributed by atoms with van der Waals surface area (Å²) in [5.41, 5.74) is -0.544. The van der Waals surface area contributed by atoms with Crippen molar-refractivity contribution < 1.29 is 58.6 Å². The molecule has 3 saturated heterocycles. The summed E-state index contributed by atoms with van der Waals surface area (Å²) in [5, 5.41) is 0. The van der Waals surface area contributed by atoms with Gasteiger partial charge in [-0.05, 0) is 0 Å². The Kier molecular flexibility index (Phi) is 17.7. The van der Waals surface area contributed by atoms with Gasteiger partial charge in [0.25, 0.3) is 0 Å². The summed E-state index contributed by atoms with van der Waals surface area (Å²) in [6.45, 7) is 8.44. The van der Waals surface area contributed by atoms with Gasteiger partial charge in [-0.15, -0.1) is 0 Å². The number of carbonyl (C=O) groups is 3. The Morgan fingerprint density at radius 2 is 0.699 bits per heavy atom. The average Bonchev–Trinajstić information content (AvgIpc) is 3.41. The van der Waals surface area contributed by atoms with E-state index in [0.29, 0.717) is 25.7 Å². The molecule has 3 aliphatic heterocycles. The van der Waals surface area contributed by atoms with Crippen molar-refractivity contribution in [1.29, 1.82) is 0 Å². The van der Waals surface area contributed by atoms with Crippen molar-refractivity contribution in [3.8, 4) is 0 Å². The molecule has 0 amide bonds. The van der Waals surface area contributed by atoms with Crippen LogP contribution in [0.2, 0.25) is 12.7 Å². The number of ketones is 3. The van der Waals surface area contributed by atoms with Crippen LogP contribution in [0.1, 0.15) is 247 Å². The monoisotopic (exact) mass is 1110 g/mol. The summed E-state index contributed by atoms with van der Waals surface area (Å²) in [7, 11) is -31.8. The Hall–Kier alpha value is -2.27. The van der Waals surface area contributed by atoms with Crippen LogP contribution in [0.5, 0.6) is 0 Å². The first kappa shape index (κ1) is 60.0. The molecule has 3 fully saturated rings. The van der Waals surface area contributed by atoms with Crippen LogP contribution in [0.3, 0.4) is 0 Å². The van der Waals surface area contributed by atoms with E-state index < -0.39 is 85.4 Å². The van der Waals surface area contributed by atoms with Crippen LogP contribution in [0.25, 0.3) is 0 Å². The van der Waals surface area contributed by atoms with E-state index in [1.807, 2.05) is 0 Å². The van der Waals surface area contributed by atoms with Crippen molar-refractivity contribution in [3.63, 3.8) is 0 Å². The second-order valence-electron chi connectivity index (χ2n) is 23.9. The molecule has 1 spiro atoms. The number of hydrogen-bond donors (Lipinski definition) is 0. The molecule has 3 heterocycles. The molecule has 0 aromatic heterocycles. The van der Waals surface area contributed by atoms with Crippen LogP contribution in [0.15, 0.2) is 67.9 Å². The maximum absolute atomic E-state index is 20.2. The molecular formula is C57H91O12S3Ti. The topological polar surface area (TPSA) is 189 Å². The first-order valence-electron chi connectivity index (χ1n) is 29.1. The summed E-state index contributed by atoms with van der Waals surface area (Å²) < 4.78 is 125. The zero-order valence-corrected chi connectivity index (χ0v) is 49.2. The van der Waals surface area contributed by atoms with E-state index in [0.717, 1.165) is 160 Å². The summed E-state index contributed by atoms with van der Waals surface area (Å²) in [6.07, 6.45) is 31.8. The Labute approximate surface area is 431 Å². The fourth-order valence-corrected chi connectivity index (χ4v) is 80.8. The van der Waals surface area contributed by atoms with E-state index in [1.54, 1.807) is 0 Å². The molecule has 6 aliphatic rings. The molecule has 0 aromatic carbocycles. The third-order valence-corrected chi connectivity index (χ3v) is 80.2. The fourth-order valence-electron chi connectivity index (χ4n) is 15.4. The van der Waals surface area contributed by atoms with E-state index in [2.05, 4.69) is 20.8 Å². The normalized spacial score (nSPS) is 28.1. The van der Waals surface area contributed by atoms with Gasteiger partial charge in [0.05, 0.1) is 0 Å². The molecular weight excluding hydrogens is 1020 g/mol. The second kappa shape index (κ2) is 21.5. The standard InChI is InChI=1S/C18H29O5S.2C18H28O3S.C3H7.O.Ti/c1-2-3-4-5-6-7-8-9-10-11-12-15-13-14-16(24(21,22)23)18(20)17(15)19;2*1-2-3-4-5-6-7-8-9-10-11-12-16-13-14-18(22(20)21)17(19)15-16;1-3-2;;/h13-14,17H,2-12H2,1H3,(H,21,22,23);2*13-15H,2-12H2,1H3;3H,1-2H3;;/q-1;;;;;+2/p-1. The third-order valence-electron chi connectivity index (χ3n) is 19.6. The third kappa shape index (κ3) is 7.56. The first-order chi connectivity index (χ1) is 34.6. The molecule has 6 bridgehead atoms. The van der Waals surface area contributed by atoms with Crippen LogP contribution in [-0.2, 0) is 58.4 Å². The molecule has 413 valence electrons. The molecule has 0 saturated carbocycles. The summed E-state index contributed by atoms with van der Waals surface area (Å²) in [5.74, 6) is -4.30. The van der Waals surface area contributed by atoms with Crippen molar-refractivity contribution in [1.82, 2.24) is 0 Å². The van der Waals surface area contributed by atoms with Crippen LogP contribution < -0.4 is 0 Å². The van der Waals surface area contributed by atoms with E-state index in [9.17, 15) is 0 Å². The first-order valence-corrected chi connectivity index (χ1v) is 41.9. The van der Waals surface area contributed by atoms with Gasteiger partial charge >= 0.3 is 388 Å². The van der Waals surface area contributed by atoms with Gasteiger partial charge in [0.1, 0.15) is 0 Å². The van der Waals surface area contributed by atoms with Crippen molar-refractivity contribution >= 4 is 42.3 Å². The van der Waals surface area contributed by atoms with E-state index in [-0.39, 0.29) is 48.8 Å². The molecule has 3 aliphatic carbocycles. The molecule has 0 N–H and O–H groups in total. The van der Waals surface area contributed by atoms with Crippen LogP contribution in [-0.4, -0.2) is 48.7 Å². The van der Waals surface area contributed by atoms with Gasteiger partial charge in [-0.2, -0.15) is 0 Å². The zero-order chi connectivity index (χ0) is 53.4. The number of rotatable bonds is 34. The summed E-state index contributed by atoms with van der Waals surface area (Å²) >= 11 is 0. The number of carbonyl (C=O) groups excluding carboxylic acids is 3. The molecule has 0 radical (unpaired) electrons. The van der Waals surface area contributed by atoms with Gasteiger partial charge in [-0.3, -0.25) is 0 Å². The molecule has 12 nitrogen and oxygen atoms in total. The van der Waals surface area contributed by atoms with Gasteiger partial charge in [-0.1, -0.05) is 46.5 Å². The zero-order valence-electron chi connectivity index (χ0n) is 45.2. The minimum absolute atomic E-state index is 0.00557. The average molecular weight is 1110 g/mol. The molecule has 6 rings (SSSR count). The van der Waals surface area contributed by atoms with Gasteiger partial charge < -0.3 is 0 Å². The van der Waals surface area contributed by atoms with Crippen molar-refractivity contribution in [2.45, 2.75) is 265 Å². The Bertz CT molecular complexity index is 2750. The second-order valence-corrected chi connectivity index (χ2v) is 60.5. The molecule has 0 aromatic rings. The Balaban J connectivity index is 1.52. The van der Waals surface area contributed by atoms with Crippen LogP contribution >= 0.6 is 0 Å². The quantitative estimate of drug-likeness (QED) is 0.0438. The van der Waals surface area contributed by atoms with E-state index in [1.165, 1.54) is 43.9 Å². The van der Waals surface area contributed by atoms with Crippen molar-refractivity contribution in [2.24, 2.45) is 0 Å². The molecule has 3 atom stereocenters. The molecule has 3 unspecified atom stereocenters. The van der Waals surface area contributed by atoms with E-state index >= 15 is 43.0 Å². The number of allylic oxidation sites excluding steroid dienone is 10. The fraction of sp³-hybridized carbons (Fsp3) is 0.737. The van der Waals surface area contributed by atoms with Gasteiger partial charge in [0, 0.05) is 0 Å².